The van der Waals surface area contributed by atoms with Crippen LogP contribution in [0.25, 0.3) is 0 Å². The summed E-state index contributed by atoms with van der Waals surface area (Å²) in [6, 6.07) is 4.44. The molecule has 0 aliphatic rings. The van der Waals surface area contributed by atoms with E-state index >= 15 is 0 Å². The molecule has 1 aromatic carbocycles. The number of rotatable bonds is 2. The molecular formula is C10H10ClNO2. The Bertz CT molecular complexity index is 388. The predicted molar refractivity (Wildman–Crippen MR) is 56.6 cm³/mol. The van der Waals surface area contributed by atoms with Gasteiger partial charge in [0.05, 0.1) is 5.02 Å². The minimum atomic E-state index is -0.272. The van der Waals surface area contributed by atoms with Gasteiger partial charge in [0.25, 0.3) is 5.91 Å². The van der Waals surface area contributed by atoms with Crippen LogP contribution in [0.15, 0.2) is 30.4 Å². The number of amides is 1. The maximum atomic E-state index is 11.2. The fourth-order valence-corrected chi connectivity index (χ4v) is 1.00. The molecule has 0 bridgehead atoms. The van der Waals surface area contributed by atoms with Gasteiger partial charge in [-0.25, -0.2) is 0 Å². The molecule has 0 unspecified atom stereocenters. The summed E-state index contributed by atoms with van der Waals surface area (Å²) in [7, 11) is 0. The summed E-state index contributed by atoms with van der Waals surface area (Å²) in [5.74, 6) is -0.285. The summed E-state index contributed by atoms with van der Waals surface area (Å²) >= 11 is 5.65. The number of benzene rings is 1. The smallest absolute Gasteiger partial charge is 0.250 e. The molecule has 2 N–H and O–H groups in total. The summed E-state index contributed by atoms with van der Waals surface area (Å²) in [5, 5.41) is 11.9. The van der Waals surface area contributed by atoms with Crippen molar-refractivity contribution in [2.75, 3.05) is 5.32 Å². The Morgan fingerprint density at radius 3 is 2.71 bits per heavy atom. The summed E-state index contributed by atoms with van der Waals surface area (Å²) in [5.41, 5.74) is 0.940. The number of phenolic OH excluding ortho intramolecular Hbond substituents is 1. The Balaban J connectivity index is 2.83. The van der Waals surface area contributed by atoms with Crippen molar-refractivity contribution in [3.63, 3.8) is 0 Å². The maximum absolute atomic E-state index is 11.2. The Labute approximate surface area is 87.0 Å². The van der Waals surface area contributed by atoms with Crippen molar-refractivity contribution in [1.29, 1.82) is 0 Å². The lowest BCUT2D eigenvalue weighted by atomic mass is 10.2. The summed E-state index contributed by atoms with van der Waals surface area (Å²) in [6.45, 7) is 5.11. The molecule has 0 aromatic heterocycles. The minimum Gasteiger partial charge on any atom is -0.506 e. The molecule has 4 heteroatoms. The number of hydrogen-bond acceptors (Lipinski definition) is 2. The van der Waals surface area contributed by atoms with Crippen LogP contribution >= 0.6 is 11.6 Å². The molecule has 74 valence electrons. The molecule has 3 nitrogen and oxygen atoms in total. The van der Waals surface area contributed by atoms with Crippen molar-refractivity contribution in [1.82, 2.24) is 0 Å². The molecule has 0 saturated carbocycles. The monoisotopic (exact) mass is 211 g/mol. The zero-order valence-corrected chi connectivity index (χ0v) is 8.43. The van der Waals surface area contributed by atoms with Crippen molar-refractivity contribution >= 4 is 23.2 Å². The Morgan fingerprint density at radius 1 is 1.57 bits per heavy atom. The predicted octanol–water partition coefficient (Wildman–Crippen LogP) is 2.56. The van der Waals surface area contributed by atoms with E-state index in [0.29, 0.717) is 11.3 Å². The lowest BCUT2D eigenvalue weighted by Gasteiger charge is -2.05. The summed E-state index contributed by atoms with van der Waals surface area (Å²) < 4.78 is 0. The zero-order chi connectivity index (χ0) is 10.7. The lowest BCUT2D eigenvalue weighted by molar-refractivity contribution is -0.112. The highest BCUT2D eigenvalue weighted by Crippen LogP contribution is 2.26. The molecule has 0 heterocycles. The van der Waals surface area contributed by atoms with Gasteiger partial charge in [-0.1, -0.05) is 18.2 Å². The van der Waals surface area contributed by atoms with Crippen molar-refractivity contribution in [3.05, 3.63) is 35.4 Å². The number of phenols is 1. The van der Waals surface area contributed by atoms with Crippen molar-refractivity contribution in [2.24, 2.45) is 0 Å². The van der Waals surface area contributed by atoms with Gasteiger partial charge in [-0.05, 0) is 25.1 Å². The maximum Gasteiger partial charge on any atom is 0.250 e. The van der Waals surface area contributed by atoms with Crippen LogP contribution in [-0.2, 0) is 4.79 Å². The van der Waals surface area contributed by atoms with E-state index in [9.17, 15) is 4.79 Å². The molecule has 0 fully saturated rings. The Kier molecular flexibility index (Phi) is 3.14. The third-order valence-electron chi connectivity index (χ3n) is 1.59. The molecule has 0 spiro atoms. The van der Waals surface area contributed by atoms with E-state index in [2.05, 4.69) is 11.9 Å². The lowest BCUT2D eigenvalue weighted by Crippen LogP contribution is -2.11. The average molecular weight is 212 g/mol. The molecule has 1 rings (SSSR count). The highest BCUT2D eigenvalue weighted by atomic mass is 35.5. The van der Waals surface area contributed by atoms with E-state index in [1.165, 1.54) is 12.1 Å². The van der Waals surface area contributed by atoms with Crippen molar-refractivity contribution in [3.8, 4) is 5.75 Å². The third-order valence-corrected chi connectivity index (χ3v) is 1.90. The number of aromatic hydroxyl groups is 1. The largest absolute Gasteiger partial charge is 0.506 e. The summed E-state index contributed by atoms with van der Waals surface area (Å²) in [6.07, 6.45) is 0. The van der Waals surface area contributed by atoms with Crippen molar-refractivity contribution in [2.45, 2.75) is 6.92 Å². The number of hydrogen-bond donors (Lipinski definition) is 2. The van der Waals surface area contributed by atoms with Crippen LogP contribution in [0, 0.1) is 0 Å². The molecular weight excluding hydrogens is 202 g/mol. The molecule has 0 radical (unpaired) electrons. The fraction of sp³-hybridized carbons (Fsp3) is 0.100. The van der Waals surface area contributed by atoms with Crippen LogP contribution in [0.4, 0.5) is 5.69 Å². The van der Waals surface area contributed by atoms with Gasteiger partial charge in [0.15, 0.2) is 0 Å². The third kappa shape index (κ3) is 2.50. The highest BCUT2D eigenvalue weighted by Gasteiger charge is 2.04. The van der Waals surface area contributed by atoms with E-state index in [1.54, 1.807) is 13.0 Å². The summed E-state index contributed by atoms with van der Waals surface area (Å²) in [4.78, 5) is 11.2. The number of carbonyl (C=O) groups excluding carboxylic acids is 1. The molecule has 0 aliphatic heterocycles. The minimum absolute atomic E-state index is 0.0139. The fourth-order valence-electron chi connectivity index (χ4n) is 0.822. The first-order valence-electron chi connectivity index (χ1n) is 3.96. The molecule has 1 amide bonds. The molecule has 0 aliphatic carbocycles. The standard InChI is InChI=1S/C10H10ClNO2/c1-6(2)10(14)12-7-3-4-9(13)8(11)5-7/h3-5,13H,1H2,2H3,(H,12,14). The molecule has 1 aromatic rings. The van der Waals surface area contributed by atoms with Gasteiger partial charge in [-0.3, -0.25) is 4.79 Å². The van der Waals surface area contributed by atoms with E-state index in [4.69, 9.17) is 16.7 Å². The number of halogens is 1. The first kappa shape index (κ1) is 10.6. The van der Waals surface area contributed by atoms with Crippen LogP contribution in [0.3, 0.4) is 0 Å². The van der Waals surface area contributed by atoms with Gasteiger partial charge in [-0.2, -0.15) is 0 Å². The second kappa shape index (κ2) is 4.15. The van der Waals surface area contributed by atoms with Crippen molar-refractivity contribution < 1.29 is 9.90 Å². The topological polar surface area (TPSA) is 49.3 Å². The van der Waals surface area contributed by atoms with E-state index in [-0.39, 0.29) is 16.7 Å². The molecule has 0 saturated heterocycles. The number of anilines is 1. The van der Waals surface area contributed by atoms with Gasteiger partial charge in [0.2, 0.25) is 0 Å². The Hall–Kier alpha value is -1.48. The molecule has 14 heavy (non-hydrogen) atoms. The zero-order valence-electron chi connectivity index (χ0n) is 7.67. The van der Waals surface area contributed by atoms with Crippen LogP contribution in [0.1, 0.15) is 6.92 Å². The van der Waals surface area contributed by atoms with Gasteiger partial charge in [-0.15, -0.1) is 0 Å². The second-order valence-electron chi connectivity index (χ2n) is 2.90. The van der Waals surface area contributed by atoms with Crippen LogP contribution in [0.5, 0.6) is 5.75 Å². The van der Waals surface area contributed by atoms with E-state index < -0.39 is 0 Å². The van der Waals surface area contributed by atoms with E-state index in [1.807, 2.05) is 0 Å². The van der Waals surface area contributed by atoms with Crippen LogP contribution < -0.4 is 5.32 Å². The number of nitrogens with one attached hydrogen (secondary N) is 1. The first-order chi connectivity index (χ1) is 6.50. The van der Waals surface area contributed by atoms with Gasteiger partial charge < -0.3 is 10.4 Å². The molecule has 0 atom stereocenters. The highest BCUT2D eigenvalue weighted by molar-refractivity contribution is 6.32. The SMILES string of the molecule is C=C(C)C(=O)Nc1ccc(O)c(Cl)c1. The second-order valence-corrected chi connectivity index (χ2v) is 3.31. The van der Waals surface area contributed by atoms with Gasteiger partial charge >= 0.3 is 0 Å². The Morgan fingerprint density at radius 2 is 2.21 bits per heavy atom. The van der Waals surface area contributed by atoms with Gasteiger partial charge in [0.1, 0.15) is 5.75 Å². The first-order valence-corrected chi connectivity index (χ1v) is 4.34. The average Bonchev–Trinajstić information content (AvgIpc) is 2.11. The van der Waals surface area contributed by atoms with Crippen LogP contribution in [0.2, 0.25) is 5.02 Å². The normalized spacial score (nSPS) is 9.57. The number of carbonyl (C=O) groups is 1. The van der Waals surface area contributed by atoms with Crippen LogP contribution in [-0.4, -0.2) is 11.0 Å². The quantitative estimate of drug-likeness (QED) is 0.584. The van der Waals surface area contributed by atoms with Gasteiger partial charge in [0, 0.05) is 11.3 Å². The van der Waals surface area contributed by atoms with E-state index in [0.717, 1.165) is 0 Å².